The molecule has 0 saturated carbocycles. The Labute approximate surface area is 169 Å². The minimum absolute atomic E-state index is 0.0178. The number of rotatable bonds is 5. The number of benzene rings is 2. The van der Waals surface area contributed by atoms with Crippen molar-refractivity contribution >= 4 is 11.7 Å². The summed E-state index contributed by atoms with van der Waals surface area (Å²) in [6.45, 7) is 2.48. The highest BCUT2D eigenvalue weighted by molar-refractivity contribution is 6.22. The molecule has 3 aromatic rings. The number of fused-ring (bicyclic) bond motifs is 3. The van der Waals surface area contributed by atoms with Crippen LogP contribution in [-0.2, 0) is 0 Å². The first-order valence-corrected chi connectivity index (χ1v) is 10.1. The van der Waals surface area contributed by atoms with Gasteiger partial charge in [0.1, 0.15) is 5.76 Å². The van der Waals surface area contributed by atoms with Gasteiger partial charge in [0.05, 0.1) is 12.3 Å². The lowest BCUT2D eigenvalue weighted by atomic mass is 10.0. The zero-order valence-corrected chi connectivity index (χ0v) is 16.1. The lowest BCUT2D eigenvalue weighted by molar-refractivity contribution is 0.0933. The van der Waals surface area contributed by atoms with Gasteiger partial charge in [0, 0.05) is 23.2 Å². The van der Waals surface area contributed by atoms with E-state index in [2.05, 4.69) is 10.2 Å². The number of carbonyl (C=O) groups excluding carboxylic acids is 2. The first-order valence-electron chi connectivity index (χ1n) is 10.1. The summed E-state index contributed by atoms with van der Waals surface area (Å²) in [6, 6.07) is 16.8. The maximum atomic E-state index is 12.8. The molecule has 1 aliphatic heterocycles. The van der Waals surface area contributed by atoms with E-state index in [1.807, 2.05) is 42.5 Å². The van der Waals surface area contributed by atoms with Gasteiger partial charge in [-0.15, -0.1) is 0 Å². The molecule has 1 amide bonds. The summed E-state index contributed by atoms with van der Waals surface area (Å²) in [7, 11) is 0. The molecule has 1 fully saturated rings. The Balaban J connectivity index is 1.34. The van der Waals surface area contributed by atoms with Crippen LogP contribution in [0.4, 0.5) is 0 Å². The molecule has 1 N–H and O–H groups in total. The van der Waals surface area contributed by atoms with Crippen molar-refractivity contribution in [2.45, 2.75) is 18.9 Å². The number of likely N-dealkylation sites (tertiary alicyclic amines) is 1. The molecular formula is C24H22N2O3. The molecule has 5 rings (SSSR count). The van der Waals surface area contributed by atoms with Crippen molar-refractivity contribution in [2.24, 2.45) is 0 Å². The van der Waals surface area contributed by atoms with Crippen molar-refractivity contribution in [1.82, 2.24) is 10.2 Å². The molecule has 0 radical (unpaired) electrons. The number of hydrogen-bond acceptors (Lipinski definition) is 4. The van der Waals surface area contributed by atoms with Gasteiger partial charge in [-0.1, -0.05) is 30.3 Å². The van der Waals surface area contributed by atoms with Crippen LogP contribution < -0.4 is 5.32 Å². The SMILES string of the molecule is O=C(NCC(c1ccco1)N1CCCC1)c1ccc2c(c1)C(=O)c1ccccc1-2. The Morgan fingerprint density at radius 1 is 0.966 bits per heavy atom. The molecule has 1 aromatic heterocycles. The lowest BCUT2D eigenvalue weighted by Gasteiger charge is -2.26. The predicted molar refractivity (Wildman–Crippen MR) is 110 cm³/mol. The molecule has 0 spiro atoms. The second-order valence-corrected chi connectivity index (χ2v) is 7.62. The third-order valence-electron chi connectivity index (χ3n) is 5.90. The monoisotopic (exact) mass is 386 g/mol. The number of nitrogens with zero attached hydrogens (tertiary/aromatic N) is 1. The van der Waals surface area contributed by atoms with Crippen molar-refractivity contribution < 1.29 is 14.0 Å². The highest BCUT2D eigenvalue weighted by Gasteiger charge is 2.28. The third kappa shape index (κ3) is 3.17. The van der Waals surface area contributed by atoms with E-state index < -0.39 is 0 Å². The van der Waals surface area contributed by atoms with Crippen LogP contribution in [0.5, 0.6) is 0 Å². The van der Waals surface area contributed by atoms with Crippen molar-refractivity contribution in [3.05, 3.63) is 83.3 Å². The molecular weight excluding hydrogens is 364 g/mol. The van der Waals surface area contributed by atoms with Gasteiger partial charge in [0.2, 0.25) is 0 Å². The smallest absolute Gasteiger partial charge is 0.251 e. The van der Waals surface area contributed by atoms with E-state index in [0.29, 0.717) is 23.2 Å². The van der Waals surface area contributed by atoms with Crippen molar-refractivity contribution in [2.75, 3.05) is 19.6 Å². The highest BCUT2D eigenvalue weighted by atomic mass is 16.3. The van der Waals surface area contributed by atoms with Crippen LogP contribution >= 0.6 is 0 Å². The normalized spacial score (nSPS) is 16.5. The summed E-state index contributed by atoms with van der Waals surface area (Å²) in [5.74, 6) is 0.676. The quantitative estimate of drug-likeness (QED) is 0.562. The van der Waals surface area contributed by atoms with E-state index in [4.69, 9.17) is 4.42 Å². The van der Waals surface area contributed by atoms with Gasteiger partial charge >= 0.3 is 0 Å². The summed E-state index contributed by atoms with van der Waals surface area (Å²) < 4.78 is 5.62. The van der Waals surface area contributed by atoms with Crippen LogP contribution in [0.1, 0.15) is 50.9 Å². The Bertz CT molecular complexity index is 1070. The molecule has 5 heteroatoms. The number of carbonyl (C=O) groups is 2. The molecule has 2 aromatic carbocycles. The van der Waals surface area contributed by atoms with Crippen LogP contribution in [0.2, 0.25) is 0 Å². The molecule has 2 heterocycles. The Morgan fingerprint density at radius 2 is 1.72 bits per heavy atom. The summed E-state index contributed by atoms with van der Waals surface area (Å²) in [6.07, 6.45) is 4.00. The van der Waals surface area contributed by atoms with Crippen LogP contribution in [0.15, 0.2) is 65.3 Å². The van der Waals surface area contributed by atoms with Gasteiger partial charge in [-0.05, 0) is 61.3 Å². The second kappa shape index (κ2) is 7.33. The average molecular weight is 386 g/mol. The minimum atomic E-state index is -0.174. The van der Waals surface area contributed by atoms with E-state index >= 15 is 0 Å². The van der Waals surface area contributed by atoms with E-state index in [0.717, 1.165) is 30.0 Å². The van der Waals surface area contributed by atoms with Crippen LogP contribution in [0, 0.1) is 0 Å². The molecule has 0 bridgehead atoms. The fourth-order valence-electron chi connectivity index (χ4n) is 4.40. The summed E-state index contributed by atoms with van der Waals surface area (Å²) in [5.41, 5.74) is 3.64. The van der Waals surface area contributed by atoms with Crippen molar-refractivity contribution in [3.8, 4) is 11.1 Å². The van der Waals surface area contributed by atoms with E-state index in [1.165, 1.54) is 12.8 Å². The topological polar surface area (TPSA) is 62.6 Å². The fraction of sp³-hybridized carbons (Fsp3) is 0.250. The summed E-state index contributed by atoms with van der Waals surface area (Å²) in [5, 5.41) is 3.04. The summed E-state index contributed by atoms with van der Waals surface area (Å²) in [4.78, 5) is 27.9. The van der Waals surface area contributed by atoms with Crippen LogP contribution in [0.3, 0.4) is 0 Å². The van der Waals surface area contributed by atoms with Gasteiger partial charge in [0.25, 0.3) is 5.91 Å². The van der Waals surface area contributed by atoms with Crippen LogP contribution in [0.25, 0.3) is 11.1 Å². The summed E-state index contributed by atoms with van der Waals surface area (Å²) >= 11 is 0. The molecule has 146 valence electrons. The van der Waals surface area contributed by atoms with Crippen molar-refractivity contribution in [3.63, 3.8) is 0 Å². The minimum Gasteiger partial charge on any atom is -0.468 e. The first kappa shape index (κ1) is 17.9. The maximum absolute atomic E-state index is 12.8. The van der Waals surface area contributed by atoms with Gasteiger partial charge in [-0.2, -0.15) is 0 Å². The molecule has 29 heavy (non-hydrogen) atoms. The highest BCUT2D eigenvalue weighted by Crippen LogP contribution is 2.36. The molecule has 1 saturated heterocycles. The third-order valence-corrected chi connectivity index (χ3v) is 5.90. The largest absolute Gasteiger partial charge is 0.468 e. The van der Waals surface area contributed by atoms with Gasteiger partial charge < -0.3 is 9.73 Å². The van der Waals surface area contributed by atoms with Gasteiger partial charge in [0.15, 0.2) is 5.78 Å². The predicted octanol–water partition coefficient (Wildman–Crippen LogP) is 4.06. The molecule has 1 aliphatic carbocycles. The zero-order chi connectivity index (χ0) is 19.8. The van der Waals surface area contributed by atoms with E-state index in [9.17, 15) is 9.59 Å². The number of hydrogen-bond donors (Lipinski definition) is 1. The zero-order valence-electron chi connectivity index (χ0n) is 16.1. The van der Waals surface area contributed by atoms with Gasteiger partial charge in [-0.3, -0.25) is 14.5 Å². The molecule has 5 nitrogen and oxygen atoms in total. The lowest BCUT2D eigenvalue weighted by Crippen LogP contribution is -2.36. The Morgan fingerprint density at radius 3 is 2.48 bits per heavy atom. The van der Waals surface area contributed by atoms with Crippen molar-refractivity contribution in [1.29, 1.82) is 0 Å². The number of nitrogens with one attached hydrogen (secondary N) is 1. The number of furan rings is 1. The molecule has 1 unspecified atom stereocenters. The Hall–Kier alpha value is -3.18. The molecule has 1 atom stereocenters. The average Bonchev–Trinajstić information content (AvgIpc) is 3.51. The first-order chi connectivity index (χ1) is 14.2. The number of ketones is 1. The standard InChI is InChI=1S/C24H22N2O3/c27-23-19-7-2-1-6-17(19)18-10-9-16(14-20(18)23)24(28)25-15-21(22-8-5-13-29-22)26-11-3-4-12-26/h1-2,5-10,13-14,21H,3-4,11-12,15H2,(H,25,28). The second-order valence-electron chi connectivity index (χ2n) is 7.62. The Kier molecular flexibility index (Phi) is 4.52. The van der Waals surface area contributed by atoms with E-state index in [1.54, 1.807) is 18.4 Å². The van der Waals surface area contributed by atoms with Crippen LogP contribution in [-0.4, -0.2) is 36.2 Å². The number of amides is 1. The maximum Gasteiger partial charge on any atom is 0.251 e. The van der Waals surface area contributed by atoms with E-state index in [-0.39, 0.29) is 17.7 Å². The molecule has 2 aliphatic rings. The van der Waals surface area contributed by atoms with Gasteiger partial charge in [-0.25, -0.2) is 0 Å². The fourth-order valence-corrected chi connectivity index (χ4v) is 4.40.